The van der Waals surface area contributed by atoms with E-state index in [0.29, 0.717) is 24.8 Å². The zero-order valence-corrected chi connectivity index (χ0v) is 15.1. The van der Waals surface area contributed by atoms with E-state index in [9.17, 15) is 18.3 Å². The van der Waals surface area contributed by atoms with Gasteiger partial charge in [0, 0.05) is 5.41 Å². The van der Waals surface area contributed by atoms with Gasteiger partial charge in [-0.2, -0.15) is 5.26 Å². The zero-order chi connectivity index (χ0) is 18.7. The van der Waals surface area contributed by atoms with E-state index in [0.717, 1.165) is 0 Å². The van der Waals surface area contributed by atoms with Crippen molar-refractivity contribution in [3.63, 3.8) is 0 Å². The summed E-state index contributed by atoms with van der Waals surface area (Å²) in [5.41, 5.74) is -1.43. The number of rotatable bonds is 3. The third-order valence-electron chi connectivity index (χ3n) is 5.86. The number of carbonyl (C=O) groups is 1. The van der Waals surface area contributed by atoms with Crippen LogP contribution in [0.2, 0.25) is 0 Å². The Labute approximate surface area is 152 Å². The lowest BCUT2D eigenvalue weighted by molar-refractivity contribution is -0.140. The van der Waals surface area contributed by atoms with Crippen molar-refractivity contribution in [1.82, 2.24) is 0 Å². The molecular formula is C19H19NO5S. The molecule has 4 atom stereocenters. The fourth-order valence-corrected chi connectivity index (χ4v) is 6.50. The summed E-state index contributed by atoms with van der Waals surface area (Å²) in [7, 11) is -3.62. The van der Waals surface area contributed by atoms with Crippen LogP contribution in [0.3, 0.4) is 0 Å². The molecule has 2 fully saturated rings. The molecule has 7 heteroatoms. The lowest BCUT2D eigenvalue weighted by atomic mass is 9.67. The van der Waals surface area contributed by atoms with Gasteiger partial charge in [0.15, 0.2) is 9.84 Å². The first kappa shape index (κ1) is 17.3. The maximum Gasteiger partial charge on any atom is 0.337 e. The second-order valence-electron chi connectivity index (χ2n) is 7.81. The van der Waals surface area contributed by atoms with Crippen molar-refractivity contribution in [3.05, 3.63) is 41.5 Å². The monoisotopic (exact) mass is 373 g/mol. The van der Waals surface area contributed by atoms with E-state index < -0.39 is 32.9 Å². The van der Waals surface area contributed by atoms with Crippen molar-refractivity contribution in [2.45, 2.75) is 42.8 Å². The Hall–Kier alpha value is -2.17. The van der Waals surface area contributed by atoms with Crippen LogP contribution in [0.5, 0.6) is 0 Å². The second-order valence-corrected chi connectivity index (χ2v) is 9.79. The SMILES string of the molecule is C[C@]1(CS(=O)(=O)c2ccc(C#N)cc2)C=C2C(=O)O[C@@H]3CCC(C1)[C@]23O. The van der Waals surface area contributed by atoms with E-state index >= 15 is 0 Å². The Balaban J connectivity index is 1.68. The molecule has 6 nitrogen and oxygen atoms in total. The van der Waals surface area contributed by atoms with Gasteiger partial charge in [0.05, 0.1) is 27.9 Å². The molecule has 1 unspecified atom stereocenters. The van der Waals surface area contributed by atoms with E-state index in [-0.39, 0.29) is 22.1 Å². The van der Waals surface area contributed by atoms with Crippen LogP contribution < -0.4 is 0 Å². The maximum atomic E-state index is 12.9. The van der Waals surface area contributed by atoms with E-state index in [1.54, 1.807) is 13.0 Å². The highest BCUT2D eigenvalue weighted by atomic mass is 32.2. The molecule has 0 amide bonds. The minimum absolute atomic E-state index is 0.148. The van der Waals surface area contributed by atoms with Crippen molar-refractivity contribution in [3.8, 4) is 6.07 Å². The van der Waals surface area contributed by atoms with Gasteiger partial charge >= 0.3 is 5.97 Å². The smallest absolute Gasteiger partial charge is 0.337 e. The summed E-state index contributed by atoms with van der Waals surface area (Å²) in [5.74, 6) is -0.885. The quantitative estimate of drug-likeness (QED) is 0.809. The van der Waals surface area contributed by atoms with E-state index in [1.807, 2.05) is 6.07 Å². The van der Waals surface area contributed by atoms with Crippen LogP contribution in [0.15, 0.2) is 40.8 Å². The molecule has 1 saturated heterocycles. The Morgan fingerprint density at radius 2 is 2.00 bits per heavy atom. The number of nitriles is 1. The number of aliphatic hydroxyl groups is 1. The van der Waals surface area contributed by atoms with E-state index in [4.69, 9.17) is 10.00 Å². The molecular weight excluding hydrogens is 354 g/mol. The standard InChI is InChI=1S/C19H19NO5S/c1-18(11-26(23,24)14-5-2-12(10-20)3-6-14)8-13-4-7-16-19(13,22)15(9-18)17(21)25-16/h2-3,5-6,9,13,16,22H,4,7-8,11H2,1H3/t13?,16-,18-,19+/m1/s1. The molecule has 1 aromatic carbocycles. The normalized spacial score (nSPS) is 35.4. The number of hydrogen-bond acceptors (Lipinski definition) is 6. The summed E-state index contributed by atoms with van der Waals surface area (Å²) in [5, 5.41) is 19.8. The highest BCUT2D eigenvalue weighted by molar-refractivity contribution is 7.91. The van der Waals surface area contributed by atoms with Gasteiger partial charge in [0.25, 0.3) is 0 Å². The van der Waals surface area contributed by atoms with E-state index in [1.165, 1.54) is 24.3 Å². The first-order chi connectivity index (χ1) is 12.2. The minimum atomic E-state index is -3.62. The second kappa shape index (κ2) is 5.41. The van der Waals surface area contributed by atoms with Crippen molar-refractivity contribution in [2.75, 3.05) is 5.75 Å². The summed E-state index contributed by atoms with van der Waals surface area (Å²) in [6.07, 6.45) is 2.89. The highest BCUT2D eigenvalue weighted by Gasteiger charge is 2.63. The molecule has 1 aliphatic heterocycles. The summed E-state index contributed by atoms with van der Waals surface area (Å²) in [6, 6.07) is 7.77. The summed E-state index contributed by atoms with van der Waals surface area (Å²) in [6.45, 7) is 1.81. The first-order valence-corrected chi connectivity index (χ1v) is 10.2. The van der Waals surface area contributed by atoms with Crippen LogP contribution in [0, 0.1) is 22.7 Å². The Bertz CT molecular complexity index is 959. The van der Waals surface area contributed by atoms with Gasteiger partial charge in [0.1, 0.15) is 11.7 Å². The van der Waals surface area contributed by atoms with Crippen LogP contribution in [0.1, 0.15) is 31.7 Å². The maximum absolute atomic E-state index is 12.9. The topological polar surface area (TPSA) is 104 Å². The number of allylic oxidation sites excluding steroid dienone is 1. The molecule has 0 bridgehead atoms. The lowest BCUT2D eigenvalue weighted by Crippen LogP contribution is -2.47. The molecule has 4 rings (SSSR count). The number of carbonyl (C=O) groups excluding carboxylic acids is 1. The number of esters is 1. The number of ether oxygens (including phenoxy) is 1. The lowest BCUT2D eigenvalue weighted by Gasteiger charge is -2.40. The Morgan fingerprint density at radius 3 is 2.65 bits per heavy atom. The number of nitrogens with zero attached hydrogens (tertiary/aromatic N) is 1. The largest absolute Gasteiger partial charge is 0.455 e. The summed E-state index contributed by atoms with van der Waals surface area (Å²) in [4.78, 5) is 12.3. The first-order valence-electron chi connectivity index (χ1n) is 8.58. The highest BCUT2D eigenvalue weighted by Crippen LogP contribution is 2.56. The molecule has 3 aliphatic rings. The van der Waals surface area contributed by atoms with Crippen LogP contribution in [-0.2, 0) is 19.4 Å². The number of sulfone groups is 1. The van der Waals surface area contributed by atoms with Crippen LogP contribution in [-0.4, -0.2) is 37.0 Å². The predicted octanol–water partition coefficient (Wildman–Crippen LogP) is 1.73. The van der Waals surface area contributed by atoms with E-state index in [2.05, 4.69) is 0 Å². The minimum Gasteiger partial charge on any atom is -0.455 e. The van der Waals surface area contributed by atoms with Crippen LogP contribution in [0.25, 0.3) is 0 Å². The number of hydrogen-bond donors (Lipinski definition) is 1. The summed E-state index contributed by atoms with van der Waals surface area (Å²) >= 11 is 0. The third-order valence-corrected chi connectivity index (χ3v) is 7.89. The molecule has 1 saturated carbocycles. The van der Waals surface area contributed by atoms with Crippen molar-refractivity contribution >= 4 is 15.8 Å². The van der Waals surface area contributed by atoms with Gasteiger partial charge in [0.2, 0.25) is 0 Å². The summed E-state index contributed by atoms with van der Waals surface area (Å²) < 4.78 is 31.0. The molecule has 26 heavy (non-hydrogen) atoms. The average molecular weight is 373 g/mol. The molecule has 1 aromatic rings. The average Bonchev–Trinajstić information content (AvgIpc) is 3.02. The molecule has 0 spiro atoms. The zero-order valence-electron chi connectivity index (χ0n) is 14.3. The van der Waals surface area contributed by atoms with Gasteiger partial charge in [-0.15, -0.1) is 0 Å². The van der Waals surface area contributed by atoms with Gasteiger partial charge in [-0.1, -0.05) is 13.0 Å². The fourth-order valence-electron chi connectivity index (χ4n) is 4.71. The van der Waals surface area contributed by atoms with Gasteiger partial charge in [-0.25, -0.2) is 13.2 Å². The van der Waals surface area contributed by atoms with Crippen molar-refractivity contribution in [1.29, 1.82) is 5.26 Å². The van der Waals surface area contributed by atoms with Gasteiger partial charge in [-0.3, -0.25) is 0 Å². The Morgan fingerprint density at radius 1 is 1.31 bits per heavy atom. The molecule has 136 valence electrons. The number of benzene rings is 1. The molecule has 1 heterocycles. The van der Waals surface area contributed by atoms with Crippen LogP contribution >= 0.6 is 0 Å². The van der Waals surface area contributed by atoms with Gasteiger partial charge in [-0.05, 0) is 49.4 Å². The fraction of sp³-hybridized carbons (Fsp3) is 0.474. The molecule has 0 aromatic heterocycles. The van der Waals surface area contributed by atoms with Gasteiger partial charge < -0.3 is 9.84 Å². The molecule has 2 aliphatic carbocycles. The molecule has 0 radical (unpaired) electrons. The Kier molecular flexibility index (Phi) is 3.59. The van der Waals surface area contributed by atoms with Crippen LogP contribution in [0.4, 0.5) is 0 Å². The molecule has 1 N–H and O–H groups in total. The third kappa shape index (κ3) is 2.40. The van der Waals surface area contributed by atoms with Crippen molar-refractivity contribution in [2.24, 2.45) is 11.3 Å². The predicted molar refractivity (Wildman–Crippen MR) is 91.6 cm³/mol. The van der Waals surface area contributed by atoms with Crippen molar-refractivity contribution < 1.29 is 23.1 Å².